The summed E-state index contributed by atoms with van der Waals surface area (Å²) in [4.78, 5) is 16.4. The van der Waals surface area contributed by atoms with Crippen molar-refractivity contribution in [2.75, 3.05) is 37.7 Å². The largest absolute Gasteiger partial charge is 0.482 e. The van der Waals surface area contributed by atoms with Crippen LogP contribution in [0, 0.1) is 0 Å². The average molecular weight is 512 g/mol. The number of hydrogen-bond acceptors (Lipinski definition) is 5. The zero-order valence-electron chi connectivity index (χ0n) is 16.8. The predicted molar refractivity (Wildman–Crippen MR) is 128 cm³/mol. The van der Waals surface area contributed by atoms with E-state index in [1.807, 2.05) is 36.4 Å². The standard InChI is InChI=1S/C22H18Cl4N4O2/c23-15-4-2-1-3-14(15)19-5-6-21(28-27-19)29-7-9-30(10-8-29)22(31)13-32-20-12-17(25)16(24)11-18(20)26/h1-6,11-12H,7-10,13H2. The van der Waals surface area contributed by atoms with E-state index in [2.05, 4.69) is 15.1 Å². The molecule has 1 fully saturated rings. The molecule has 0 bridgehead atoms. The van der Waals surface area contributed by atoms with Crippen LogP contribution < -0.4 is 9.64 Å². The van der Waals surface area contributed by atoms with Gasteiger partial charge in [-0.15, -0.1) is 10.2 Å². The molecule has 6 nitrogen and oxygen atoms in total. The molecule has 0 aliphatic carbocycles. The smallest absolute Gasteiger partial charge is 0.260 e. The van der Waals surface area contributed by atoms with Gasteiger partial charge in [-0.3, -0.25) is 4.79 Å². The van der Waals surface area contributed by atoms with E-state index >= 15 is 0 Å². The zero-order chi connectivity index (χ0) is 22.7. The highest BCUT2D eigenvalue weighted by Gasteiger charge is 2.23. The lowest BCUT2D eigenvalue weighted by Crippen LogP contribution is -2.50. The van der Waals surface area contributed by atoms with Crippen molar-refractivity contribution in [1.82, 2.24) is 15.1 Å². The molecule has 166 valence electrons. The molecule has 4 rings (SSSR count). The number of rotatable bonds is 5. The molecule has 1 amide bonds. The second-order valence-electron chi connectivity index (χ2n) is 7.11. The summed E-state index contributed by atoms with van der Waals surface area (Å²) in [5.74, 6) is 0.945. The molecule has 1 aliphatic rings. The monoisotopic (exact) mass is 510 g/mol. The molecule has 3 aromatic rings. The Labute approximate surface area is 205 Å². The molecular weight excluding hydrogens is 494 g/mol. The summed E-state index contributed by atoms with van der Waals surface area (Å²) in [6.07, 6.45) is 0. The van der Waals surface area contributed by atoms with E-state index in [0.29, 0.717) is 57.7 Å². The first kappa shape index (κ1) is 22.9. The summed E-state index contributed by atoms with van der Waals surface area (Å²) in [6.45, 7) is 2.24. The summed E-state index contributed by atoms with van der Waals surface area (Å²) in [5.41, 5.74) is 1.55. The van der Waals surface area contributed by atoms with E-state index in [1.165, 1.54) is 12.1 Å². The van der Waals surface area contributed by atoms with Crippen LogP contribution >= 0.6 is 46.4 Å². The van der Waals surface area contributed by atoms with Gasteiger partial charge in [-0.2, -0.15) is 0 Å². The summed E-state index contributed by atoms with van der Waals surface area (Å²) >= 11 is 24.2. The van der Waals surface area contributed by atoms with E-state index in [9.17, 15) is 4.79 Å². The van der Waals surface area contributed by atoms with Gasteiger partial charge in [0.25, 0.3) is 5.91 Å². The van der Waals surface area contributed by atoms with Crippen molar-refractivity contribution >= 4 is 58.1 Å². The van der Waals surface area contributed by atoms with Crippen LogP contribution in [0.3, 0.4) is 0 Å². The Morgan fingerprint density at radius 1 is 0.844 bits per heavy atom. The van der Waals surface area contributed by atoms with Gasteiger partial charge < -0.3 is 14.5 Å². The maximum Gasteiger partial charge on any atom is 0.260 e. The summed E-state index contributed by atoms with van der Waals surface area (Å²) in [5, 5.41) is 10.2. The van der Waals surface area contributed by atoms with E-state index in [4.69, 9.17) is 51.1 Å². The highest BCUT2D eigenvalue weighted by molar-refractivity contribution is 6.43. The molecule has 1 aliphatic heterocycles. The van der Waals surface area contributed by atoms with Gasteiger partial charge in [0.05, 0.1) is 25.8 Å². The number of carbonyl (C=O) groups is 1. The van der Waals surface area contributed by atoms with Crippen molar-refractivity contribution < 1.29 is 9.53 Å². The third-order valence-electron chi connectivity index (χ3n) is 5.08. The normalized spacial score (nSPS) is 13.9. The van der Waals surface area contributed by atoms with Crippen molar-refractivity contribution in [3.8, 4) is 17.0 Å². The molecule has 1 aromatic heterocycles. The third kappa shape index (κ3) is 5.21. The fraction of sp³-hybridized carbons (Fsp3) is 0.227. The summed E-state index contributed by atoms with van der Waals surface area (Å²) < 4.78 is 5.55. The molecule has 0 unspecified atom stereocenters. The van der Waals surface area contributed by atoms with E-state index in [-0.39, 0.29) is 12.5 Å². The van der Waals surface area contributed by atoms with Crippen LogP contribution in [0.5, 0.6) is 5.75 Å². The van der Waals surface area contributed by atoms with Gasteiger partial charge in [0, 0.05) is 37.8 Å². The first-order chi connectivity index (χ1) is 15.4. The number of anilines is 1. The molecule has 10 heteroatoms. The van der Waals surface area contributed by atoms with Crippen LogP contribution in [0.2, 0.25) is 20.1 Å². The van der Waals surface area contributed by atoms with Crippen LogP contribution in [0.25, 0.3) is 11.3 Å². The molecule has 0 spiro atoms. The first-order valence-corrected chi connectivity index (χ1v) is 11.3. The molecule has 32 heavy (non-hydrogen) atoms. The molecule has 2 heterocycles. The predicted octanol–water partition coefficient (Wildman–Crippen LogP) is 5.48. The van der Waals surface area contributed by atoms with Crippen LogP contribution in [-0.4, -0.2) is 53.8 Å². The fourth-order valence-electron chi connectivity index (χ4n) is 3.34. The van der Waals surface area contributed by atoms with Gasteiger partial charge in [-0.05, 0) is 24.3 Å². The summed E-state index contributed by atoms with van der Waals surface area (Å²) in [7, 11) is 0. The Balaban J connectivity index is 1.31. The molecule has 0 atom stereocenters. The van der Waals surface area contributed by atoms with Gasteiger partial charge in [-0.25, -0.2) is 0 Å². The Kier molecular flexibility index (Phi) is 7.26. The Morgan fingerprint density at radius 3 is 2.25 bits per heavy atom. The van der Waals surface area contributed by atoms with Crippen LogP contribution in [0.4, 0.5) is 5.82 Å². The Hall–Kier alpha value is -2.25. The SMILES string of the molecule is O=C(COc1cc(Cl)c(Cl)cc1Cl)N1CCN(c2ccc(-c3ccccc3Cl)nn2)CC1. The minimum absolute atomic E-state index is 0.132. The molecule has 0 N–H and O–H groups in total. The molecular formula is C22H18Cl4N4O2. The van der Waals surface area contributed by atoms with Crippen molar-refractivity contribution in [1.29, 1.82) is 0 Å². The quantitative estimate of drug-likeness (QED) is 0.424. The van der Waals surface area contributed by atoms with Gasteiger partial charge in [-0.1, -0.05) is 64.6 Å². The van der Waals surface area contributed by atoms with E-state index < -0.39 is 0 Å². The minimum atomic E-state index is -0.135. The number of benzene rings is 2. The van der Waals surface area contributed by atoms with Gasteiger partial charge in [0.2, 0.25) is 0 Å². The second kappa shape index (κ2) is 10.1. The van der Waals surface area contributed by atoms with Crippen molar-refractivity contribution in [2.45, 2.75) is 0 Å². The topological polar surface area (TPSA) is 58.6 Å². The van der Waals surface area contributed by atoms with E-state index in [1.54, 1.807) is 4.90 Å². The van der Waals surface area contributed by atoms with Gasteiger partial charge >= 0.3 is 0 Å². The molecule has 0 saturated carbocycles. The van der Waals surface area contributed by atoms with Crippen molar-refractivity contribution in [3.63, 3.8) is 0 Å². The average Bonchev–Trinajstić information content (AvgIpc) is 2.81. The number of ether oxygens (including phenoxy) is 1. The molecule has 1 saturated heterocycles. The van der Waals surface area contributed by atoms with Gasteiger partial charge in [0.15, 0.2) is 12.4 Å². The van der Waals surface area contributed by atoms with E-state index in [0.717, 1.165) is 11.4 Å². The number of amides is 1. The fourth-order valence-corrected chi connectivity index (χ4v) is 4.16. The molecule has 2 aromatic carbocycles. The highest BCUT2D eigenvalue weighted by atomic mass is 35.5. The number of carbonyl (C=O) groups excluding carboxylic acids is 1. The van der Waals surface area contributed by atoms with Crippen molar-refractivity contribution in [3.05, 3.63) is 68.6 Å². The lowest BCUT2D eigenvalue weighted by atomic mass is 10.1. The van der Waals surface area contributed by atoms with Crippen molar-refractivity contribution in [2.24, 2.45) is 0 Å². The Morgan fingerprint density at radius 2 is 1.56 bits per heavy atom. The van der Waals surface area contributed by atoms with Gasteiger partial charge in [0.1, 0.15) is 5.75 Å². The Bertz CT molecular complexity index is 1120. The number of hydrogen-bond donors (Lipinski definition) is 0. The number of aromatic nitrogens is 2. The summed E-state index contributed by atoms with van der Waals surface area (Å²) in [6, 6.07) is 14.3. The minimum Gasteiger partial charge on any atom is -0.482 e. The maximum atomic E-state index is 12.6. The number of nitrogens with zero attached hydrogens (tertiary/aromatic N) is 4. The third-order valence-corrected chi connectivity index (χ3v) is 6.43. The first-order valence-electron chi connectivity index (χ1n) is 9.81. The second-order valence-corrected chi connectivity index (χ2v) is 8.74. The number of piperazine rings is 1. The zero-order valence-corrected chi connectivity index (χ0v) is 19.8. The van der Waals surface area contributed by atoms with Crippen LogP contribution in [-0.2, 0) is 4.79 Å². The lowest BCUT2D eigenvalue weighted by Gasteiger charge is -2.35. The maximum absolute atomic E-state index is 12.6. The van der Waals surface area contributed by atoms with Crippen LogP contribution in [0.1, 0.15) is 0 Å². The lowest BCUT2D eigenvalue weighted by molar-refractivity contribution is -0.133. The highest BCUT2D eigenvalue weighted by Crippen LogP contribution is 2.34. The number of halogens is 4. The van der Waals surface area contributed by atoms with Crippen LogP contribution in [0.15, 0.2) is 48.5 Å². The molecule has 0 radical (unpaired) electrons.